The van der Waals surface area contributed by atoms with Crippen LogP contribution in [0.1, 0.15) is 42.4 Å². The van der Waals surface area contributed by atoms with Gasteiger partial charge in [-0.3, -0.25) is 9.48 Å². The van der Waals surface area contributed by atoms with Crippen molar-refractivity contribution < 1.29 is 13.9 Å². The van der Waals surface area contributed by atoms with E-state index in [4.69, 9.17) is 16.3 Å². The molecule has 0 aliphatic rings. The van der Waals surface area contributed by atoms with Gasteiger partial charge in [-0.25, -0.2) is 9.07 Å². The predicted octanol–water partition coefficient (Wildman–Crippen LogP) is 6.27. The number of carbonyl (C=O) groups is 1. The van der Waals surface area contributed by atoms with E-state index in [1.165, 1.54) is 21.0 Å². The molecule has 2 aromatic carbocycles. The SMILES string of the molecule is CC(C)(C)c1ccc(OCn2ccc(C(=O)Nc3nn(Cc4c(F)cccc4Cl)cc3Br)n2)cc1. The van der Waals surface area contributed by atoms with Crippen LogP contribution >= 0.6 is 27.5 Å². The van der Waals surface area contributed by atoms with Crippen LogP contribution in [0.3, 0.4) is 0 Å². The normalized spacial score (nSPS) is 11.5. The average Bonchev–Trinajstić information content (AvgIpc) is 3.41. The van der Waals surface area contributed by atoms with Gasteiger partial charge in [0, 0.05) is 23.0 Å². The molecule has 0 bridgehead atoms. The number of aromatic nitrogens is 4. The summed E-state index contributed by atoms with van der Waals surface area (Å²) in [5, 5.41) is 11.6. The number of benzene rings is 2. The van der Waals surface area contributed by atoms with Crippen molar-refractivity contribution in [2.45, 2.75) is 39.5 Å². The fourth-order valence-electron chi connectivity index (χ4n) is 3.33. The highest BCUT2D eigenvalue weighted by Gasteiger charge is 2.16. The maximum absolute atomic E-state index is 14.1. The maximum Gasteiger partial charge on any atom is 0.277 e. The summed E-state index contributed by atoms with van der Waals surface area (Å²) < 4.78 is 23.4. The van der Waals surface area contributed by atoms with Crippen molar-refractivity contribution in [1.29, 1.82) is 0 Å². The van der Waals surface area contributed by atoms with E-state index < -0.39 is 11.7 Å². The van der Waals surface area contributed by atoms with Crippen LogP contribution in [-0.2, 0) is 18.7 Å². The fourth-order valence-corrected chi connectivity index (χ4v) is 3.96. The molecule has 0 aliphatic heterocycles. The molecule has 7 nitrogen and oxygen atoms in total. The van der Waals surface area contributed by atoms with E-state index >= 15 is 0 Å². The molecular formula is C25H24BrClFN5O2. The Bertz CT molecular complexity index is 1320. The summed E-state index contributed by atoms with van der Waals surface area (Å²) in [6.07, 6.45) is 3.29. The molecular weight excluding hydrogens is 537 g/mol. The van der Waals surface area contributed by atoms with Crippen LogP contribution in [-0.4, -0.2) is 25.5 Å². The minimum Gasteiger partial charge on any atom is -0.471 e. The number of anilines is 1. The summed E-state index contributed by atoms with van der Waals surface area (Å²) in [6, 6.07) is 14.0. The average molecular weight is 561 g/mol. The van der Waals surface area contributed by atoms with Crippen LogP contribution in [0, 0.1) is 5.82 Å². The number of amides is 1. The Morgan fingerprint density at radius 1 is 1.11 bits per heavy atom. The molecule has 2 aromatic heterocycles. The van der Waals surface area contributed by atoms with Gasteiger partial charge in [0.2, 0.25) is 0 Å². The number of rotatable bonds is 7. The van der Waals surface area contributed by atoms with Crippen molar-refractivity contribution in [2.24, 2.45) is 0 Å². The van der Waals surface area contributed by atoms with Crippen molar-refractivity contribution in [3.63, 3.8) is 0 Å². The molecule has 0 saturated heterocycles. The fraction of sp³-hybridized carbons (Fsp3) is 0.240. The Kier molecular flexibility index (Phi) is 7.28. The minimum atomic E-state index is -0.437. The number of nitrogens with zero attached hydrogens (tertiary/aromatic N) is 4. The largest absolute Gasteiger partial charge is 0.471 e. The van der Waals surface area contributed by atoms with E-state index in [1.54, 1.807) is 30.6 Å². The van der Waals surface area contributed by atoms with Crippen LogP contribution in [0.25, 0.3) is 0 Å². The van der Waals surface area contributed by atoms with Gasteiger partial charge in [0.15, 0.2) is 18.2 Å². The zero-order valence-corrected chi connectivity index (χ0v) is 21.8. The van der Waals surface area contributed by atoms with Crippen molar-refractivity contribution >= 4 is 39.3 Å². The molecule has 0 spiro atoms. The van der Waals surface area contributed by atoms with Gasteiger partial charge in [-0.1, -0.05) is 50.6 Å². The third kappa shape index (κ3) is 6.10. The van der Waals surface area contributed by atoms with Crippen molar-refractivity contribution in [1.82, 2.24) is 19.6 Å². The lowest BCUT2D eigenvalue weighted by atomic mass is 9.87. The number of nitrogens with one attached hydrogen (secondary N) is 1. The molecule has 1 N–H and O–H groups in total. The molecule has 0 aliphatic carbocycles. The third-order valence-corrected chi connectivity index (χ3v) is 6.22. The van der Waals surface area contributed by atoms with Gasteiger partial charge < -0.3 is 10.1 Å². The van der Waals surface area contributed by atoms with Gasteiger partial charge in [0.1, 0.15) is 11.6 Å². The second-order valence-corrected chi connectivity index (χ2v) is 10.2. The van der Waals surface area contributed by atoms with Crippen LogP contribution < -0.4 is 10.1 Å². The van der Waals surface area contributed by atoms with Gasteiger partial charge in [0.25, 0.3) is 5.91 Å². The molecule has 35 heavy (non-hydrogen) atoms. The number of hydrogen-bond donors (Lipinski definition) is 1. The predicted molar refractivity (Wildman–Crippen MR) is 136 cm³/mol. The van der Waals surface area contributed by atoms with Crippen molar-refractivity contribution in [3.8, 4) is 5.75 Å². The molecule has 182 valence electrons. The second-order valence-electron chi connectivity index (χ2n) is 8.97. The van der Waals surface area contributed by atoms with E-state index in [0.717, 1.165) is 0 Å². The third-order valence-electron chi connectivity index (χ3n) is 5.29. The number of halogens is 3. The standard InChI is InChI=1S/C25H24BrClFN5O2/c1-25(2,3)16-7-9-17(10-8-16)35-15-32-12-11-22(30-32)24(34)29-23-19(26)14-33(31-23)13-18-20(27)5-4-6-21(18)28/h4-12,14H,13,15H2,1-3H3,(H,29,31,34). The lowest BCUT2D eigenvalue weighted by Gasteiger charge is -2.19. The molecule has 0 unspecified atom stereocenters. The smallest absolute Gasteiger partial charge is 0.277 e. The summed E-state index contributed by atoms with van der Waals surface area (Å²) >= 11 is 9.47. The molecule has 0 atom stereocenters. The first-order valence-corrected chi connectivity index (χ1v) is 12.0. The molecule has 0 saturated carbocycles. The Labute approximate surface area is 216 Å². The maximum atomic E-state index is 14.1. The molecule has 4 aromatic rings. The first-order chi connectivity index (χ1) is 16.6. The summed E-state index contributed by atoms with van der Waals surface area (Å²) in [5.41, 5.74) is 1.80. The Hall–Kier alpha value is -3.17. The van der Waals surface area contributed by atoms with E-state index in [1.807, 2.05) is 24.3 Å². The van der Waals surface area contributed by atoms with E-state index in [0.29, 0.717) is 20.8 Å². The van der Waals surface area contributed by atoms with Crippen LogP contribution in [0.4, 0.5) is 10.2 Å². The van der Waals surface area contributed by atoms with Crippen LogP contribution in [0.5, 0.6) is 5.75 Å². The monoisotopic (exact) mass is 559 g/mol. The van der Waals surface area contributed by atoms with Gasteiger partial charge in [0.05, 0.1) is 11.0 Å². The van der Waals surface area contributed by atoms with E-state index in [-0.39, 0.29) is 30.2 Å². The first kappa shape index (κ1) is 24.9. The topological polar surface area (TPSA) is 74.0 Å². The van der Waals surface area contributed by atoms with Gasteiger partial charge in [-0.2, -0.15) is 10.2 Å². The summed E-state index contributed by atoms with van der Waals surface area (Å²) in [7, 11) is 0. The highest BCUT2D eigenvalue weighted by atomic mass is 79.9. The molecule has 2 heterocycles. The summed E-state index contributed by atoms with van der Waals surface area (Å²) in [4.78, 5) is 12.7. The molecule has 4 rings (SSSR count). The van der Waals surface area contributed by atoms with Gasteiger partial charge in [-0.15, -0.1) is 0 Å². The van der Waals surface area contributed by atoms with Crippen LogP contribution in [0.2, 0.25) is 5.02 Å². The first-order valence-electron chi connectivity index (χ1n) is 10.8. The lowest BCUT2D eigenvalue weighted by molar-refractivity contribution is 0.101. The zero-order chi connectivity index (χ0) is 25.2. The van der Waals surface area contributed by atoms with Gasteiger partial charge in [-0.05, 0) is 57.2 Å². The highest BCUT2D eigenvalue weighted by molar-refractivity contribution is 9.10. The van der Waals surface area contributed by atoms with Crippen molar-refractivity contribution in [2.75, 3.05) is 5.32 Å². The van der Waals surface area contributed by atoms with Crippen LogP contribution in [0.15, 0.2) is 65.4 Å². The lowest BCUT2D eigenvalue weighted by Crippen LogP contribution is -2.15. The van der Waals surface area contributed by atoms with Crippen molar-refractivity contribution in [3.05, 3.63) is 93.1 Å². The highest BCUT2D eigenvalue weighted by Crippen LogP contribution is 2.25. The molecule has 1 amide bonds. The zero-order valence-electron chi connectivity index (χ0n) is 19.4. The Morgan fingerprint density at radius 3 is 2.54 bits per heavy atom. The van der Waals surface area contributed by atoms with E-state index in [9.17, 15) is 9.18 Å². The summed E-state index contributed by atoms with van der Waals surface area (Å²) in [6.45, 7) is 6.73. The Balaban J connectivity index is 1.37. The van der Waals surface area contributed by atoms with Gasteiger partial charge >= 0.3 is 0 Å². The quantitative estimate of drug-likeness (QED) is 0.289. The molecule has 0 radical (unpaired) electrons. The van der Waals surface area contributed by atoms with E-state index in [2.05, 4.69) is 52.2 Å². The molecule has 10 heteroatoms. The molecule has 0 fully saturated rings. The number of carbonyl (C=O) groups excluding carboxylic acids is 1. The summed E-state index contributed by atoms with van der Waals surface area (Å²) in [5.74, 6) is 0.136. The number of hydrogen-bond acceptors (Lipinski definition) is 4. The second kappa shape index (κ2) is 10.2. The Morgan fingerprint density at radius 2 is 1.86 bits per heavy atom. The minimum absolute atomic E-state index is 0.0678. The number of ether oxygens (including phenoxy) is 1.